The highest BCUT2D eigenvalue weighted by atomic mass is 16.5. The van der Waals surface area contributed by atoms with Gasteiger partial charge in [0.1, 0.15) is 11.5 Å². The first kappa shape index (κ1) is 19.4. The molecule has 2 aromatic rings. The van der Waals surface area contributed by atoms with Gasteiger partial charge in [0.15, 0.2) is 5.78 Å². The second-order valence-corrected chi connectivity index (χ2v) is 6.98. The number of piperazine rings is 1. The molecular weight excluding hydrogens is 340 g/mol. The van der Waals surface area contributed by atoms with Gasteiger partial charge in [0, 0.05) is 50.4 Å². The van der Waals surface area contributed by atoms with Gasteiger partial charge in [0.05, 0.1) is 14.2 Å². The Kier molecular flexibility index (Phi) is 6.48. The number of Topliss-reactive ketones (excluding diaryl/α,β-unsaturated/α-hetero) is 1. The highest BCUT2D eigenvalue weighted by Crippen LogP contribution is 2.23. The Labute approximate surface area is 161 Å². The molecule has 1 fully saturated rings. The van der Waals surface area contributed by atoms with Crippen LogP contribution in [0.3, 0.4) is 0 Å². The lowest BCUT2D eigenvalue weighted by Crippen LogP contribution is -2.45. The van der Waals surface area contributed by atoms with Gasteiger partial charge in [-0.1, -0.05) is 12.1 Å². The first-order chi connectivity index (χ1) is 13.1. The molecule has 1 aliphatic rings. The molecule has 5 nitrogen and oxygen atoms in total. The summed E-state index contributed by atoms with van der Waals surface area (Å²) in [4.78, 5) is 16.6. The fourth-order valence-corrected chi connectivity index (χ4v) is 3.46. The predicted molar refractivity (Wildman–Crippen MR) is 107 cm³/mol. The molecule has 0 aliphatic carbocycles. The third kappa shape index (κ3) is 5.08. The maximum absolute atomic E-state index is 11.7. The zero-order valence-corrected chi connectivity index (χ0v) is 16.4. The van der Waals surface area contributed by atoms with Gasteiger partial charge in [0.25, 0.3) is 0 Å². The summed E-state index contributed by atoms with van der Waals surface area (Å²) in [5.41, 5.74) is 3.12. The molecule has 0 saturated carbocycles. The van der Waals surface area contributed by atoms with E-state index >= 15 is 0 Å². The molecule has 144 valence electrons. The van der Waals surface area contributed by atoms with Crippen LogP contribution in [0.15, 0.2) is 42.5 Å². The number of nitrogens with zero attached hydrogens (tertiary/aromatic N) is 2. The normalized spacial score (nSPS) is 15.5. The van der Waals surface area contributed by atoms with E-state index in [1.165, 1.54) is 5.56 Å². The van der Waals surface area contributed by atoms with Crippen molar-refractivity contribution in [2.75, 3.05) is 40.4 Å². The molecule has 1 saturated heterocycles. The number of ketones is 1. The second kappa shape index (κ2) is 9.02. The van der Waals surface area contributed by atoms with Crippen molar-refractivity contribution >= 4 is 5.78 Å². The Balaban J connectivity index is 1.56. The fraction of sp³-hybridized carbons (Fsp3) is 0.409. The van der Waals surface area contributed by atoms with Crippen LogP contribution in [-0.4, -0.2) is 56.0 Å². The largest absolute Gasteiger partial charge is 0.497 e. The summed E-state index contributed by atoms with van der Waals surface area (Å²) in [6, 6.07) is 14.0. The number of ether oxygens (including phenoxy) is 2. The lowest BCUT2D eigenvalue weighted by Gasteiger charge is -2.35. The van der Waals surface area contributed by atoms with E-state index < -0.39 is 0 Å². The van der Waals surface area contributed by atoms with E-state index in [1.807, 2.05) is 30.3 Å². The second-order valence-electron chi connectivity index (χ2n) is 6.98. The molecule has 2 aromatic carbocycles. The predicted octanol–water partition coefficient (Wildman–Crippen LogP) is 3.22. The molecule has 27 heavy (non-hydrogen) atoms. The van der Waals surface area contributed by atoms with Gasteiger partial charge in [-0.3, -0.25) is 14.6 Å². The Morgan fingerprint density at radius 1 is 0.889 bits per heavy atom. The number of carbonyl (C=O) groups is 1. The standard InChI is InChI=1S/C22H28N2O3/c1-17(25)19-6-9-22(27-3)20(14-19)16-24-12-10-23(11-13-24)15-18-4-7-21(26-2)8-5-18/h4-9,14H,10-13,15-16H2,1-3H3. The third-order valence-corrected chi connectivity index (χ3v) is 5.11. The van der Waals surface area contributed by atoms with Crippen LogP contribution in [0, 0.1) is 0 Å². The molecule has 5 heteroatoms. The zero-order chi connectivity index (χ0) is 19.2. The van der Waals surface area contributed by atoms with Gasteiger partial charge in [-0.05, 0) is 42.8 Å². The van der Waals surface area contributed by atoms with E-state index in [4.69, 9.17) is 9.47 Å². The van der Waals surface area contributed by atoms with E-state index in [0.717, 1.165) is 61.9 Å². The average Bonchev–Trinajstić information content (AvgIpc) is 2.70. The Morgan fingerprint density at radius 3 is 2.07 bits per heavy atom. The molecule has 0 bridgehead atoms. The quantitative estimate of drug-likeness (QED) is 0.702. The van der Waals surface area contributed by atoms with Gasteiger partial charge in [-0.15, -0.1) is 0 Å². The van der Waals surface area contributed by atoms with Crippen LogP contribution in [0.2, 0.25) is 0 Å². The summed E-state index contributed by atoms with van der Waals surface area (Å²) in [5, 5.41) is 0. The number of hydrogen-bond donors (Lipinski definition) is 0. The molecule has 0 radical (unpaired) electrons. The molecule has 0 unspecified atom stereocenters. The van der Waals surface area contributed by atoms with Crippen molar-refractivity contribution in [1.82, 2.24) is 9.80 Å². The van der Waals surface area contributed by atoms with Crippen LogP contribution >= 0.6 is 0 Å². The third-order valence-electron chi connectivity index (χ3n) is 5.11. The molecule has 0 N–H and O–H groups in total. The van der Waals surface area contributed by atoms with Crippen LogP contribution in [0.25, 0.3) is 0 Å². The molecule has 0 atom stereocenters. The smallest absolute Gasteiger partial charge is 0.159 e. The molecular formula is C22H28N2O3. The number of hydrogen-bond acceptors (Lipinski definition) is 5. The van der Waals surface area contributed by atoms with Crippen LogP contribution in [0.1, 0.15) is 28.4 Å². The summed E-state index contributed by atoms with van der Waals surface area (Å²) in [6.07, 6.45) is 0. The summed E-state index contributed by atoms with van der Waals surface area (Å²) in [5.74, 6) is 1.83. The minimum atomic E-state index is 0.0863. The molecule has 0 spiro atoms. The number of carbonyl (C=O) groups excluding carboxylic acids is 1. The van der Waals surface area contributed by atoms with E-state index in [-0.39, 0.29) is 5.78 Å². The van der Waals surface area contributed by atoms with Crippen molar-refractivity contribution in [3.05, 3.63) is 59.2 Å². The van der Waals surface area contributed by atoms with Gasteiger partial charge in [-0.2, -0.15) is 0 Å². The first-order valence-corrected chi connectivity index (χ1v) is 9.34. The molecule has 0 amide bonds. The highest BCUT2D eigenvalue weighted by molar-refractivity contribution is 5.94. The Bertz CT molecular complexity index is 766. The van der Waals surface area contributed by atoms with Gasteiger partial charge in [-0.25, -0.2) is 0 Å². The zero-order valence-electron chi connectivity index (χ0n) is 16.4. The van der Waals surface area contributed by atoms with Crippen molar-refractivity contribution in [1.29, 1.82) is 0 Å². The number of benzene rings is 2. The lowest BCUT2D eigenvalue weighted by atomic mass is 10.1. The van der Waals surface area contributed by atoms with Crippen molar-refractivity contribution in [3.8, 4) is 11.5 Å². The van der Waals surface area contributed by atoms with Crippen LogP contribution < -0.4 is 9.47 Å². The minimum Gasteiger partial charge on any atom is -0.497 e. The molecule has 1 heterocycles. The Hall–Kier alpha value is -2.37. The summed E-state index contributed by atoms with van der Waals surface area (Å²) in [6.45, 7) is 7.43. The minimum absolute atomic E-state index is 0.0863. The van der Waals surface area contributed by atoms with Crippen LogP contribution in [-0.2, 0) is 13.1 Å². The first-order valence-electron chi connectivity index (χ1n) is 9.34. The van der Waals surface area contributed by atoms with Crippen LogP contribution in [0.4, 0.5) is 0 Å². The SMILES string of the molecule is COc1ccc(CN2CCN(Cc3cc(C(C)=O)ccc3OC)CC2)cc1. The van der Waals surface area contributed by atoms with E-state index in [9.17, 15) is 4.79 Å². The average molecular weight is 368 g/mol. The van der Waals surface area contributed by atoms with Crippen molar-refractivity contribution in [2.24, 2.45) is 0 Å². The van der Waals surface area contributed by atoms with E-state index in [1.54, 1.807) is 21.1 Å². The van der Waals surface area contributed by atoms with Gasteiger partial charge in [0.2, 0.25) is 0 Å². The number of rotatable bonds is 7. The van der Waals surface area contributed by atoms with Crippen LogP contribution in [0.5, 0.6) is 11.5 Å². The van der Waals surface area contributed by atoms with Gasteiger partial charge >= 0.3 is 0 Å². The lowest BCUT2D eigenvalue weighted by molar-refractivity contribution is 0.101. The maximum atomic E-state index is 11.7. The number of methoxy groups -OCH3 is 2. The fourth-order valence-electron chi connectivity index (χ4n) is 3.46. The summed E-state index contributed by atoms with van der Waals surface area (Å²) in [7, 11) is 3.37. The molecule has 1 aliphatic heterocycles. The maximum Gasteiger partial charge on any atom is 0.159 e. The molecule has 0 aromatic heterocycles. The highest BCUT2D eigenvalue weighted by Gasteiger charge is 2.19. The van der Waals surface area contributed by atoms with Crippen molar-refractivity contribution in [3.63, 3.8) is 0 Å². The molecule has 3 rings (SSSR count). The van der Waals surface area contributed by atoms with E-state index in [2.05, 4.69) is 21.9 Å². The van der Waals surface area contributed by atoms with Crippen molar-refractivity contribution in [2.45, 2.75) is 20.0 Å². The van der Waals surface area contributed by atoms with Crippen molar-refractivity contribution < 1.29 is 14.3 Å². The van der Waals surface area contributed by atoms with E-state index in [0.29, 0.717) is 0 Å². The topological polar surface area (TPSA) is 42.0 Å². The Morgan fingerprint density at radius 2 is 1.52 bits per heavy atom. The van der Waals surface area contributed by atoms with Gasteiger partial charge < -0.3 is 9.47 Å². The summed E-state index contributed by atoms with van der Waals surface area (Å²) >= 11 is 0. The monoisotopic (exact) mass is 368 g/mol. The summed E-state index contributed by atoms with van der Waals surface area (Å²) < 4.78 is 10.7.